The van der Waals surface area contributed by atoms with Crippen LogP contribution >= 0.6 is 0 Å². The van der Waals surface area contributed by atoms with E-state index in [-0.39, 0.29) is 0 Å². The van der Waals surface area contributed by atoms with Gasteiger partial charge in [-0.1, -0.05) is 20.3 Å². The Hall–Kier alpha value is -1.05. The van der Waals surface area contributed by atoms with Crippen molar-refractivity contribution in [2.45, 2.75) is 58.4 Å². The van der Waals surface area contributed by atoms with Crippen LogP contribution in [0.4, 0.5) is 0 Å². The molecule has 0 radical (unpaired) electrons. The Bertz CT molecular complexity index is 455. The molecule has 17 heavy (non-hydrogen) atoms. The molecule has 0 bridgehead atoms. The van der Waals surface area contributed by atoms with Crippen LogP contribution in [0.3, 0.4) is 0 Å². The van der Waals surface area contributed by atoms with Crippen molar-refractivity contribution in [1.82, 2.24) is 4.57 Å². The lowest BCUT2D eigenvalue weighted by Crippen LogP contribution is -2.24. The molecule has 1 saturated carbocycles. The zero-order valence-corrected chi connectivity index (χ0v) is 10.8. The normalized spacial score (nSPS) is 27.2. The Morgan fingerprint density at radius 1 is 1.29 bits per heavy atom. The monoisotopic (exact) mass is 231 g/mol. The van der Waals surface area contributed by atoms with E-state index in [1.165, 1.54) is 25.0 Å². The lowest BCUT2D eigenvalue weighted by Gasteiger charge is -2.31. The third-order valence-corrected chi connectivity index (χ3v) is 4.68. The van der Waals surface area contributed by atoms with Crippen LogP contribution < -0.4 is 0 Å². The predicted octanol–water partition coefficient (Wildman–Crippen LogP) is 3.76. The smallest absolute Gasteiger partial charge is 0.164 e. The highest BCUT2D eigenvalue weighted by Crippen LogP contribution is 2.47. The number of Topliss-reactive ketones (excluding diaryl/α,β-unsaturated/α-hetero) is 1. The largest absolute Gasteiger partial charge is 0.347 e. The van der Waals surface area contributed by atoms with E-state index in [9.17, 15) is 4.79 Å². The van der Waals surface area contributed by atoms with Crippen molar-refractivity contribution in [3.05, 3.63) is 23.5 Å². The molecule has 92 valence electrons. The summed E-state index contributed by atoms with van der Waals surface area (Å²) in [5, 5.41) is 0. The summed E-state index contributed by atoms with van der Waals surface area (Å²) in [5.41, 5.74) is 2.69. The zero-order valence-electron chi connectivity index (χ0n) is 10.8. The van der Waals surface area contributed by atoms with Gasteiger partial charge < -0.3 is 4.57 Å². The van der Waals surface area contributed by atoms with Crippen LogP contribution in [0, 0.1) is 5.41 Å². The highest BCUT2D eigenvalue weighted by Gasteiger charge is 2.37. The molecule has 1 aromatic heterocycles. The average Bonchev–Trinajstić information content (AvgIpc) is 2.82. The summed E-state index contributed by atoms with van der Waals surface area (Å²) in [4.78, 5) is 11.9. The van der Waals surface area contributed by atoms with Crippen LogP contribution in [0.5, 0.6) is 0 Å². The number of rotatable bonds is 1. The third-order valence-electron chi connectivity index (χ3n) is 4.68. The minimum atomic E-state index is 0.348. The number of hydrogen-bond acceptors (Lipinski definition) is 1. The van der Waals surface area contributed by atoms with Crippen LogP contribution in [0.2, 0.25) is 0 Å². The van der Waals surface area contributed by atoms with Gasteiger partial charge in [0.05, 0.1) is 0 Å². The van der Waals surface area contributed by atoms with Gasteiger partial charge in [0.2, 0.25) is 0 Å². The van der Waals surface area contributed by atoms with E-state index in [0.717, 1.165) is 24.8 Å². The molecule has 0 saturated heterocycles. The molecule has 2 nitrogen and oxygen atoms in total. The van der Waals surface area contributed by atoms with Gasteiger partial charge in [0.15, 0.2) is 5.78 Å². The first-order valence-electron chi connectivity index (χ1n) is 6.82. The van der Waals surface area contributed by atoms with Crippen molar-refractivity contribution in [3.8, 4) is 0 Å². The second-order valence-electron chi connectivity index (χ2n) is 6.26. The van der Waals surface area contributed by atoms with E-state index in [2.05, 4.69) is 24.6 Å². The van der Waals surface area contributed by atoms with Gasteiger partial charge in [-0.3, -0.25) is 4.79 Å². The first kappa shape index (κ1) is 11.1. The lowest BCUT2D eigenvalue weighted by atomic mass is 9.86. The van der Waals surface area contributed by atoms with E-state index in [4.69, 9.17) is 0 Å². The van der Waals surface area contributed by atoms with E-state index < -0.39 is 0 Å². The van der Waals surface area contributed by atoms with E-state index in [0.29, 0.717) is 17.2 Å². The summed E-state index contributed by atoms with van der Waals surface area (Å²) in [7, 11) is 0. The van der Waals surface area contributed by atoms with Crippen molar-refractivity contribution < 1.29 is 4.79 Å². The van der Waals surface area contributed by atoms with Gasteiger partial charge in [-0.05, 0) is 37.2 Å². The first-order valence-corrected chi connectivity index (χ1v) is 6.82. The maximum atomic E-state index is 11.9. The molecule has 0 spiro atoms. The second-order valence-corrected chi connectivity index (χ2v) is 6.26. The SMILES string of the molecule is CC1(C)CCCC1n1ccc2c1CCCC2=O. The third kappa shape index (κ3) is 1.65. The molecule has 0 N–H and O–H groups in total. The summed E-state index contributed by atoms with van der Waals surface area (Å²) in [6.07, 6.45) is 8.90. The summed E-state index contributed by atoms with van der Waals surface area (Å²) in [6.45, 7) is 4.73. The molecule has 1 heterocycles. The second kappa shape index (κ2) is 3.72. The summed E-state index contributed by atoms with van der Waals surface area (Å²) in [5.74, 6) is 0.348. The highest BCUT2D eigenvalue weighted by atomic mass is 16.1. The molecule has 0 amide bonds. The Kier molecular flexibility index (Phi) is 2.42. The Morgan fingerprint density at radius 3 is 2.82 bits per heavy atom. The van der Waals surface area contributed by atoms with Gasteiger partial charge in [0, 0.05) is 29.9 Å². The molecule has 1 aromatic rings. The molecule has 0 aromatic carbocycles. The van der Waals surface area contributed by atoms with Crippen LogP contribution in [0.15, 0.2) is 12.3 Å². The molecular formula is C15H21NO. The Balaban J connectivity index is 2.02. The maximum Gasteiger partial charge on any atom is 0.164 e. The number of carbonyl (C=O) groups is 1. The molecule has 1 unspecified atom stereocenters. The Labute approximate surface area is 103 Å². The van der Waals surface area contributed by atoms with Gasteiger partial charge in [-0.15, -0.1) is 0 Å². The fraction of sp³-hybridized carbons (Fsp3) is 0.667. The minimum Gasteiger partial charge on any atom is -0.347 e. The van der Waals surface area contributed by atoms with Gasteiger partial charge in [0.25, 0.3) is 0 Å². The molecule has 1 atom stereocenters. The predicted molar refractivity (Wildman–Crippen MR) is 68.4 cm³/mol. The number of fused-ring (bicyclic) bond motifs is 1. The molecule has 2 aliphatic carbocycles. The highest BCUT2D eigenvalue weighted by molar-refractivity contribution is 5.98. The Morgan fingerprint density at radius 2 is 2.12 bits per heavy atom. The van der Waals surface area contributed by atoms with E-state index >= 15 is 0 Å². The molecule has 2 aliphatic rings. The quantitative estimate of drug-likeness (QED) is 0.721. The van der Waals surface area contributed by atoms with Gasteiger partial charge in [0.1, 0.15) is 0 Å². The standard InChI is InChI=1S/C15H21NO/c1-15(2)9-4-7-14(15)16-10-8-11-12(16)5-3-6-13(11)17/h8,10,14H,3-7,9H2,1-2H3. The number of nitrogens with zero attached hydrogens (tertiary/aromatic N) is 1. The number of aromatic nitrogens is 1. The topological polar surface area (TPSA) is 22.0 Å². The number of carbonyl (C=O) groups excluding carboxylic acids is 1. The van der Waals surface area contributed by atoms with Gasteiger partial charge >= 0.3 is 0 Å². The zero-order chi connectivity index (χ0) is 12.0. The fourth-order valence-corrected chi connectivity index (χ4v) is 3.66. The first-order chi connectivity index (χ1) is 8.09. The maximum absolute atomic E-state index is 11.9. The van der Waals surface area contributed by atoms with Crippen molar-refractivity contribution in [2.24, 2.45) is 5.41 Å². The van der Waals surface area contributed by atoms with E-state index in [1.807, 2.05) is 6.07 Å². The van der Waals surface area contributed by atoms with Gasteiger partial charge in [-0.25, -0.2) is 0 Å². The average molecular weight is 231 g/mol. The molecule has 1 fully saturated rings. The van der Waals surface area contributed by atoms with Crippen molar-refractivity contribution >= 4 is 5.78 Å². The van der Waals surface area contributed by atoms with Crippen molar-refractivity contribution in [1.29, 1.82) is 0 Å². The van der Waals surface area contributed by atoms with Crippen LogP contribution in [0.1, 0.15) is 68.0 Å². The fourth-order valence-electron chi connectivity index (χ4n) is 3.66. The van der Waals surface area contributed by atoms with Crippen LogP contribution in [0.25, 0.3) is 0 Å². The molecule has 0 aliphatic heterocycles. The summed E-state index contributed by atoms with van der Waals surface area (Å²) >= 11 is 0. The number of hydrogen-bond donors (Lipinski definition) is 0. The number of ketones is 1. The van der Waals surface area contributed by atoms with Crippen molar-refractivity contribution in [2.75, 3.05) is 0 Å². The molecule has 3 rings (SSSR count). The summed E-state index contributed by atoms with van der Waals surface area (Å²) < 4.78 is 2.42. The molecular weight excluding hydrogens is 210 g/mol. The lowest BCUT2D eigenvalue weighted by molar-refractivity contribution is 0.0970. The van der Waals surface area contributed by atoms with Gasteiger partial charge in [-0.2, -0.15) is 0 Å². The van der Waals surface area contributed by atoms with Crippen LogP contribution in [-0.4, -0.2) is 10.4 Å². The van der Waals surface area contributed by atoms with E-state index in [1.54, 1.807) is 0 Å². The van der Waals surface area contributed by atoms with Crippen LogP contribution in [-0.2, 0) is 6.42 Å². The van der Waals surface area contributed by atoms with Crippen molar-refractivity contribution in [3.63, 3.8) is 0 Å². The minimum absolute atomic E-state index is 0.348. The molecule has 2 heteroatoms. The summed E-state index contributed by atoms with van der Waals surface area (Å²) in [6, 6.07) is 2.64.